The van der Waals surface area contributed by atoms with Crippen molar-refractivity contribution >= 4 is 0 Å². The molecule has 2 aromatic rings. The van der Waals surface area contributed by atoms with Gasteiger partial charge in [0.25, 0.3) is 0 Å². The van der Waals surface area contributed by atoms with Crippen LogP contribution in [0.25, 0.3) is 11.1 Å². The van der Waals surface area contributed by atoms with Crippen LogP contribution in [0.1, 0.15) is 31.9 Å². The molecule has 3 nitrogen and oxygen atoms in total. The van der Waals surface area contributed by atoms with E-state index in [0.717, 1.165) is 49.4 Å². The number of aromatic hydroxyl groups is 1. The molecule has 2 aromatic carbocycles. The molecule has 0 spiro atoms. The second-order valence-corrected chi connectivity index (χ2v) is 8.23. The third-order valence-corrected chi connectivity index (χ3v) is 5.13. The van der Waals surface area contributed by atoms with Crippen LogP contribution in [0.15, 0.2) is 42.5 Å². The van der Waals surface area contributed by atoms with Crippen LogP contribution in [0.4, 0.5) is 0 Å². The molecule has 3 heteroatoms. The molecule has 1 fully saturated rings. The molecular weight excluding hydrogens is 308 g/mol. The van der Waals surface area contributed by atoms with Crippen LogP contribution in [0.5, 0.6) is 5.75 Å². The first kappa shape index (κ1) is 18.0. The first-order valence-electron chi connectivity index (χ1n) is 9.17. The summed E-state index contributed by atoms with van der Waals surface area (Å²) < 4.78 is 0. The molecule has 0 amide bonds. The van der Waals surface area contributed by atoms with E-state index in [0.29, 0.717) is 5.75 Å². The maximum absolute atomic E-state index is 11.0. The monoisotopic (exact) mass is 338 g/mol. The number of benzene rings is 2. The second kappa shape index (κ2) is 7.19. The second-order valence-electron chi connectivity index (χ2n) is 8.23. The molecule has 0 radical (unpaired) electrons. The summed E-state index contributed by atoms with van der Waals surface area (Å²) in [6.07, 6.45) is 0. The van der Waals surface area contributed by atoms with E-state index in [1.54, 1.807) is 0 Å². The summed E-state index contributed by atoms with van der Waals surface area (Å²) in [5.74, 6) is 0.429. The van der Waals surface area contributed by atoms with Crippen molar-refractivity contribution in [1.29, 1.82) is 0 Å². The van der Waals surface area contributed by atoms with Gasteiger partial charge in [0, 0.05) is 43.9 Å². The lowest BCUT2D eigenvalue weighted by Crippen LogP contribution is -2.43. The van der Waals surface area contributed by atoms with E-state index in [2.05, 4.69) is 61.9 Å². The van der Waals surface area contributed by atoms with Crippen LogP contribution in [0, 0.1) is 0 Å². The summed E-state index contributed by atoms with van der Waals surface area (Å²) >= 11 is 0. The number of phenols is 1. The molecule has 134 valence electrons. The average molecular weight is 338 g/mol. The summed E-state index contributed by atoms with van der Waals surface area (Å²) in [5.41, 5.74) is 4.38. The highest BCUT2D eigenvalue weighted by atomic mass is 16.3. The van der Waals surface area contributed by atoms with Gasteiger partial charge in [0.15, 0.2) is 0 Å². The van der Waals surface area contributed by atoms with Crippen LogP contribution in [-0.4, -0.2) is 48.1 Å². The Balaban J connectivity index is 1.99. The zero-order valence-corrected chi connectivity index (χ0v) is 15.9. The fourth-order valence-electron chi connectivity index (χ4n) is 3.33. The first-order chi connectivity index (χ1) is 11.8. The van der Waals surface area contributed by atoms with Gasteiger partial charge in [0.2, 0.25) is 0 Å². The van der Waals surface area contributed by atoms with Crippen LogP contribution >= 0.6 is 0 Å². The molecule has 1 aliphatic heterocycles. The number of likely N-dealkylation sites (N-methyl/N-ethyl adjacent to an activating group) is 1. The van der Waals surface area contributed by atoms with E-state index >= 15 is 0 Å². The molecular formula is C22H30N2O. The quantitative estimate of drug-likeness (QED) is 0.912. The molecule has 1 N–H and O–H groups in total. The molecule has 3 rings (SSSR count). The molecule has 0 aromatic heterocycles. The van der Waals surface area contributed by atoms with Gasteiger partial charge in [-0.05, 0) is 29.7 Å². The number of nitrogens with zero attached hydrogens (tertiary/aromatic N) is 2. The van der Waals surface area contributed by atoms with Gasteiger partial charge in [0.05, 0.1) is 0 Å². The summed E-state index contributed by atoms with van der Waals surface area (Å²) in [6.45, 7) is 11.8. The highest BCUT2D eigenvalue weighted by molar-refractivity contribution is 5.73. The maximum atomic E-state index is 11.0. The Bertz CT molecular complexity index is 711. The van der Waals surface area contributed by atoms with Crippen molar-refractivity contribution in [3.63, 3.8) is 0 Å². The van der Waals surface area contributed by atoms with Crippen molar-refractivity contribution in [3.05, 3.63) is 53.6 Å². The molecule has 0 aliphatic carbocycles. The van der Waals surface area contributed by atoms with E-state index in [4.69, 9.17) is 0 Å². The van der Waals surface area contributed by atoms with Crippen molar-refractivity contribution in [2.75, 3.05) is 33.2 Å². The number of hydrogen-bond donors (Lipinski definition) is 1. The van der Waals surface area contributed by atoms with E-state index in [1.165, 1.54) is 5.56 Å². The van der Waals surface area contributed by atoms with Gasteiger partial charge in [-0.2, -0.15) is 0 Å². The van der Waals surface area contributed by atoms with Gasteiger partial charge in [-0.3, -0.25) is 4.90 Å². The Kier molecular flexibility index (Phi) is 5.16. The minimum atomic E-state index is 0.0497. The number of hydrogen-bond acceptors (Lipinski definition) is 3. The van der Waals surface area contributed by atoms with E-state index in [-0.39, 0.29) is 5.41 Å². The van der Waals surface area contributed by atoms with E-state index in [1.807, 2.05) is 18.2 Å². The van der Waals surface area contributed by atoms with Gasteiger partial charge >= 0.3 is 0 Å². The molecule has 1 saturated heterocycles. The third-order valence-electron chi connectivity index (χ3n) is 5.13. The highest BCUT2D eigenvalue weighted by Gasteiger charge is 2.21. The average Bonchev–Trinajstić information content (AvgIpc) is 2.58. The molecule has 1 heterocycles. The zero-order valence-electron chi connectivity index (χ0n) is 15.9. The topological polar surface area (TPSA) is 26.7 Å². The van der Waals surface area contributed by atoms with Gasteiger partial charge in [-0.1, -0.05) is 57.2 Å². The summed E-state index contributed by atoms with van der Waals surface area (Å²) in [7, 11) is 2.17. The van der Waals surface area contributed by atoms with Gasteiger partial charge in [-0.15, -0.1) is 0 Å². The molecule has 25 heavy (non-hydrogen) atoms. The van der Waals surface area contributed by atoms with Crippen LogP contribution in [-0.2, 0) is 12.0 Å². The zero-order chi connectivity index (χ0) is 18.0. The van der Waals surface area contributed by atoms with Crippen LogP contribution < -0.4 is 0 Å². The van der Waals surface area contributed by atoms with Crippen molar-refractivity contribution in [2.24, 2.45) is 0 Å². The maximum Gasteiger partial charge on any atom is 0.127 e. The van der Waals surface area contributed by atoms with Crippen molar-refractivity contribution in [1.82, 2.24) is 9.80 Å². The molecule has 0 saturated carbocycles. The Hall–Kier alpha value is -1.84. The third kappa shape index (κ3) is 4.23. The highest BCUT2D eigenvalue weighted by Crippen LogP contribution is 2.37. The summed E-state index contributed by atoms with van der Waals surface area (Å²) in [4.78, 5) is 4.80. The van der Waals surface area contributed by atoms with Crippen LogP contribution in [0.3, 0.4) is 0 Å². The lowest BCUT2D eigenvalue weighted by atomic mass is 9.83. The van der Waals surface area contributed by atoms with Gasteiger partial charge in [0.1, 0.15) is 5.75 Å². The minimum Gasteiger partial charge on any atom is -0.507 e. The first-order valence-corrected chi connectivity index (χ1v) is 9.17. The lowest BCUT2D eigenvalue weighted by Gasteiger charge is -2.33. The number of rotatable bonds is 3. The van der Waals surface area contributed by atoms with E-state index in [9.17, 15) is 5.11 Å². The Labute approximate surface area is 151 Å². The van der Waals surface area contributed by atoms with Gasteiger partial charge < -0.3 is 10.0 Å². The lowest BCUT2D eigenvalue weighted by molar-refractivity contribution is 0.147. The van der Waals surface area contributed by atoms with Gasteiger partial charge in [-0.25, -0.2) is 0 Å². The van der Waals surface area contributed by atoms with Crippen molar-refractivity contribution < 1.29 is 5.11 Å². The molecule has 1 aliphatic rings. The largest absolute Gasteiger partial charge is 0.507 e. The smallest absolute Gasteiger partial charge is 0.127 e. The van der Waals surface area contributed by atoms with Crippen molar-refractivity contribution in [2.45, 2.75) is 32.7 Å². The van der Waals surface area contributed by atoms with Crippen molar-refractivity contribution in [3.8, 4) is 16.9 Å². The Morgan fingerprint density at radius 2 is 1.60 bits per heavy atom. The Morgan fingerprint density at radius 3 is 2.20 bits per heavy atom. The minimum absolute atomic E-state index is 0.0497. The molecule has 0 bridgehead atoms. The normalized spacial score (nSPS) is 17.0. The summed E-state index contributed by atoms with van der Waals surface area (Å²) in [6, 6.07) is 14.6. The number of phenolic OH excluding ortho intramolecular Hbond substituents is 1. The number of piperazine rings is 1. The Morgan fingerprint density at radius 1 is 0.960 bits per heavy atom. The predicted octanol–water partition coefficient (Wildman–Crippen LogP) is 4.10. The summed E-state index contributed by atoms with van der Waals surface area (Å²) in [5, 5.41) is 11.0. The predicted molar refractivity (Wildman–Crippen MR) is 105 cm³/mol. The fraction of sp³-hybridized carbons (Fsp3) is 0.455. The molecule has 0 atom stereocenters. The van der Waals surface area contributed by atoms with Crippen LogP contribution in [0.2, 0.25) is 0 Å². The van der Waals surface area contributed by atoms with E-state index < -0.39 is 0 Å². The fourth-order valence-corrected chi connectivity index (χ4v) is 3.33. The standard InChI is InChI=1S/C22H30N2O/c1-22(2,3)19-14-18(16-24-12-10-23(4)11-13-24)21(25)20(15-19)17-8-6-5-7-9-17/h5-9,14-15,25H,10-13,16H2,1-4H3. The SMILES string of the molecule is CN1CCN(Cc2cc(C(C)(C)C)cc(-c3ccccc3)c2O)CC1. The molecule has 0 unspecified atom stereocenters.